The van der Waals surface area contributed by atoms with E-state index in [0.29, 0.717) is 19.5 Å². The minimum Gasteiger partial charge on any atom is -0.349 e. The second-order valence-corrected chi connectivity index (χ2v) is 9.09. The van der Waals surface area contributed by atoms with Gasteiger partial charge in [0.25, 0.3) is 5.91 Å². The lowest BCUT2D eigenvalue weighted by atomic mass is 9.95. The number of thiophene rings is 1. The monoisotopic (exact) mass is 423 g/mol. The van der Waals surface area contributed by atoms with Gasteiger partial charge in [0.15, 0.2) is 0 Å². The van der Waals surface area contributed by atoms with E-state index in [9.17, 15) is 9.59 Å². The quantitative estimate of drug-likeness (QED) is 0.699. The first-order valence-electron chi connectivity index (χ1n) is 10.6. The van der Waals surface area contributed by atoms with Crippen LogP contribution in [-0.4, -0.2) is 31.3 Å². The van der Waals surface area contributed by atoms with Crippen molar-refractivity contribution in [2.75, 3.05) is 0 Å². The number of carbonyl (C=O) groups is 1. The summed E-state index contributed by atoms with van der Waals surface area (Å²) in [7, 11) is 0. The maximum absolute atomic E-state index is 12.9. The smallest absolute Gasteiger partial charge is 0.346 e. The van der Waals surface area contributed by atoms with Crippen LogP contribution in [0.5, 0.6) is 0 Å². The molecule has 0 spiro atoms. The van der Waals surface area contributed by atoms with Crippen molar-refractivity contribution >= 4 is 17.2 Å². The van der Waals surface area contributed by atoms with Gasteiger partial charge in [-0.15, -0.1) is 11.3 Å². The van der Waals surface area contributed by atoms with Crippen LogP contribution < -0.4 is 11.0 Å². The van der Waals surface area contributed by atoms with Gasteiger partial charge in [0.05, 0.1) is 12.1 Å². The Kier molecular flexibility index (Phi) is 5.25. The minimum absolute atomic E-state index is 0.0351. The molecule has 3 aromatic heterocycles. The van der Waals surface area contributed by atoms with Crippen molar-refractivity contribution in [1.82, 2.24) is 24.6 Å². The largest absolute Gasteiger partial charge is 0.349 e. The molecule has 1 aliphatic carbocycles. The molecule has 1 amide bonds. The molecule has 1 N–H and O–H groups in total. The molecule has 0 fully saturated rings. The van der Waals surface area contributed by atoms with Gasteiger partial charge >= 0.3 is 5.69 Å². The average molecular weight is 424 g/mol. The highest BCUT2D eigenvalue weighted by Crippen LogP contribution is 2.30. The number of pyridine rings is 1. The van der Waals surface area contributed by atoms with Crippen molar-refractivity contribution in [2.24, 2.45) is 0 Å². The van der Waals surface area contributed by atoms with Crippen LogP contribution in [0.2, 0.25) is 0 Å². The van der Waals surface area contributed by atoms with Crippen molar-refractivity contribution < 1.29 is 4.79 Å². The lowest BCUT2D eigenvalue weighted by Gasteiger charge is -2.17. The first kappa shape index (κ1) is 19.2. The predicted octanol–water partition coefficient (Wildman–Crippen LogP) is 2.56. The molecule has 2 aliphatic rings. The van der Waals surface area contributed by atoms with Gasteiger partial charge in [-0.25, -0.2) is 9.48 Å². The molecule has 1 unspecified atom stereocenters. The zero-order valence-electron chi connectivity index (χ0n) is 16.8. The summed E-state index contributed by atoms with van der Waals surface area (Å²) in [4.78, 5) is 31.2. The Morgan fingerprint density at radius 3 is 3.00 bits per heavy atom. The first-order valence-corrected chi connectivity index (χ1v) is 11.5. The van der Waals surface area contributed by atoms with Crippen molar-refractivity contribution in [3.05, 3.63) is 67.8 Å². The molecular weight excluding hydrogens is 398 g/mol. The molecule has 0 radical (unpaired) electrons. The summed E-state index contributed by atoms with van der Waals surface area (Å²) < 4.78 is 3.28. The fraction of sp³-hybridized carbons (Fsp3) is 0.455. The number of nitrogens with one attached hydrogen (secondary N) is 1. The van der Waals surface area contributed by atoms with Crippen molar-refractivity contribution in [2.45, 2.75) is 64.1 Å². The summed E-state index contributed by atoms with van der Waals surface area (Å²) in [5.74, 6) is 0.835. The number of nitrogens with zero attached hydrogens (tertiary/aromatic N) is 4. The Morgan fingerprint density at radius 2 is 2.13 bits per heavy atom. The maximum atomic E-state index is 12.9. The number of hydrogen-bond donors (Lipinski definition) is 1. The molecule has 0 saturated heterocycles. The normalized spacial score (nSPS) is 18.3. The van der Waals surface area contributed by atoms with E-state index in [2.05, 4.69) is 15.4 Å². The van der Waals surface area contributed by atoms with E-state index in [-0.39, 0.29) is 17.6 Å². The Balaban J connectivity index is 1.26. The molecule has 0 bridgehead atoms. The minimum atomic E-state index is -0.0901. The molecule has 156 valence electrons. The Hall–Kier alpha value is -2.74. The fourth-order valence-electron chi connectivity index (χ4n) is 4.49. The third-order valence-corrected chi connectivity index (χ3v) is 7.20. The van der Waals surface area contributed by atoms with Crippen molar-refractivity contribution in [3.63, 3.8) is 0 Å². The zero-order chi connectivity index (χ0) is 20.5. The van der Waals surface area contributed by atoms with E-state index in [1.54, 1.807) is 28.3 Å². The molecule has 8 heteroatoms. The highest BCUT2D eigenvalue weighted by molar-refractivity contribution is 7.10. The second kappa shape index (κ2) is 8.18. The second-order valence-electron chi connectivity index (χ2n) is 8.13. The first-order chi connectivity index (χ1) is 14.7. The van der Waals surface area contributed by atoms with Crippen LogP contribution in [0.25, 0.3) is 0 Å². The van der Waals surface area contributed by atoms with Crippen LogP contribution in [0.1, 0.15) is 57.9 Å². The fourth-order valence-corrected chi connectivity index (χ4v) is 5.61. The van der Waals surface area contributed by atoms with E-state index in [0.717, 1.165) is 42.6 Å². The maximum Gasteiger partial charge on any atom is 0.346 e. The van der Waals surface area contributed by atoms with E-state index < -0.39 is 0 Å². The summed E-state index contributed by atoms with van der Waals surface area (Å²) in [5, 5.41) is 9.79. The molecule has 30 heavy (non-hydrogen) atoms. The Labute approximate surface area is 178 Å². The molecular formula is C22H25N5O2S. The van der Waals surface area contributed by atoms with Gasteiger partial charge in [-0.05, 0) is 55.7 Å². The van der Waals surface area contributed by atoms with Crippen LogP contribution in [-0.2, 0) is 32.4 Å². The summed E-state index contributed by atoms with van der Waals surface area (Å²) in [5.41, 5.74) is 2.98. The highest BCUT2D eigenvalue weighted by Gasteiger charge is 2.25. The topological polar surface area (TPSA) is 81.8 Å². The number of rotatable bonds is 4. The van der Waals surface area contributed by atoms with Crippen molar-refractivity contribution in [1.29, 1.82) is 0 Å². The van der Waals surface area contributed by atoms with Crippen LogP contribution in [0.15, 0.2) is 34.7 Å². The van der Waals surface area contributed by atoms with E-state index in [1.807, 2.05) is 17.5 Å². The van der Waals surface area contributed by atoms with Gasteiger partial charge in [-0.2, -0.15) is 5.10 Å². The predicted molar refractivity (Wildman–Crippen MR) is 115 cm³/mol. The summed E-state index contributed by atoms with van der Waals surface area (Å²) >= 11 is 1.72. The number of aromatic nitrogens is 4. The third-order valence-electron chi connectivity index (χ3n) is 6.11. The van der Waals surface area contributed by atoms with Gasteiger partial charge in [0.1, 0.15) is 5.82 Å². The van der Waals surface area contributed by atoms with Gasteiger partial charge in [-0.3, -0.25) is 14.3 Å². The van der Waals surface area contributed by atoms with E-state index >= 15 is 0 Å². The SMILES string of the molecule is O=C(NC1CCc2nn(Cc3cccnc3)c(=O)n2CC1)c1csc2c1CCCC2. The number of hydrogen-bond acceptors (Lipinski definition) is 5. The zero-order valence-corrected chi connectivity index (χ0v) is 17.7. The van der Waals surface area contributed by atoms with Gasteiger partial charge < -0.3 is 5.32 Å². The molecule has 0 saturated carbocycles. The number of amides is 1. The highest BCUT2D eigenvalue weighted by atomic mass is 32.1. The number of carbonyl (C=O) groups excluding carboxylic acids is 1. The summed E-state index contributed by atoms with van der Waals surface area (Å²) in [6.07, 6.45) is 10.2. The van der Waals surface area contributed by atoms with Crippen LogP contribution in [0.3, 0.4) is 0 Å². The number of aryl methyl sites for hydroxylation is 2. The average Bonchev–Trinajstić information content (AvgIpc) is 3.26. The van der Waals surface area contributed by atoms with Gasteiger partial charge in [0, 0.05) is 41.7 Å². The Bertz CT molecular complexity index is 1110. The molecule has 7 nitrogen and oxygen atoms in total. The molecule has 1 aliphatic heterocycles. The standard InChI is InChI=1S/C22H25N5O2S/c28-21(18-14-30-19-6-2-1-5-17(18)19)24-16-7-8-20-25-27(22(29)26(20)11-9-16)13-15-4-3-10-23-12-15/h3-4,10,12,14,16H,1-2,5-9,11,13H2,(H,24,28). The lowest BCUT2D eigenvalue weighted by molar-refractivity contribution is 0.0932. The summed E-state index contributed by atoms with van der Waals surface area (Å²) in [6, 6.07) is 3.86. The molecule has 5 rings (SSSR count). The lowest BCUT2D eigenvalue weighted by Crippen LogP contribution is -2.36. The van der Waals surface area contributed by atoms with E-state index in [1.165, 1.54) is 28.0 Å². The molecule has 1 atom stereocenters. The number of fused-ring (bicyclic) bond motifs is 2. The van der Waals surface area contributed by atoms with Crippen molar-refractivity contribution in [3.8, 4) is 0 Å². The molecule has 4 heterocycles. The molecule has 0 aromatic carbocycles. The van der Waals surface area contributed by atoms with Crippen LogP contribution >= 0.6 is 11.3 Å². The Morgan fingerprint density at radius 1 is 1.23 bits per heavy atom. The van der Waals surface area contributed by atoms with Crippen LogP contribution in [0, 0.1) is 0 Å². The van der Waals surface area contributed by atoms with Gasteiger partial charge in [-0.1, -0.05) is 6.07 Å². The molecule has 3 aromatic rings. The summed E-state index contributed by atoms with van der Waals surface area (Å²) in [6.45, 7) is 1.00. The van der Waals surface area contributed by atoms with E-state index in [4.69, 9.17) is 0 Å². The van der Waals surface area contributed by atoms with Gasteiger partial charge in [0.2, 0.25) is 0 Å². The van der Waals surface area contributed by atoms with Crippen LogP contribution in [0.4, 0.5) is 0 Å². The third kappa shape index (κ3) is 3.71.